The standard InChI is InChI=1S/C26H32F3N3O4/c27-26(28,29)18-36-25-6-4-20-7-11-32(13-9-24(20)31-25)12-8-22-5-3-19(16-34-22)14-21(33)17-35-23-2-1-10-30-15-23/h1-2,4,6,10,15,19,22H,3,5,7-9,11-14,16-18H2/t19-,22-/m1/s1. The van der Waals surface area contributed by atoms with Gasteiger partial charge in [0.1, 0.15) is 12.4 Å². The summed E-state index contributed by atoms with van der Waals surface area (Å²) in [6.45, 7) is 1.86. The Morgan fingerprint density at radius 3 is 2.75 bits per heavy atom. The van der Waals surface area contributed by atoms with Crippen molar-refractivity contribution in [1.82, 2.24) is 14.9 Å². The summed E-state index contributed by atoms with van der Waals surface area (Å²) >= 11 is 0. The molecule has 0 unspecified atom stereocenters. The first-order valence-electron chi connectivity index (χ1n) is 12.4. The molecule has 0 aromatic carbocycles. The molecule has 2 aliphatic rings. The molecule has 196 valence electrons. The van der Waals surface area contributed by atoms with Gasteiger partial charge >= 0.3 is 6.18 Å². The molecule has 2 aromatic rings. The molecule has 4 heterocycles. The Balaban J connectivity index is 1.13. The average molecular weight is 508 g/mol. The van der Waals surface area contributed by atoms with Crippen LogP contribution < -0.4 is 9.47 Å². The van der Waals surface area contributed by atoms with Crippen molar-refractivity contribution in [2.45, 2.75) is 50.8 Å². The summed E-state index contributed by atoms with van der Waals surface area (Å²) in [6, 6.07) is 6.88. The molecule has 1 saturated heterocycles. The highest BCUT2D eigenvalue weighted by Gasteiger charge is 2.29. The molecule has 0 amide bonds. The van der Waals surface area contributed by atoms with Crippen LogP contribution in [0.3, 0.4) is 0 Å². The minimum atomic E-state index is -4.38. The van der Waals surface area contributed by atoms with E-state index >= 15 is 0 Å². The number of hydrogen-bond donors (Lipinski definition) is 0. The minimum Gasteiger partial charge on any atom is -0.484 e. The van der Waals surface area contributed by atoms with E-state index in [-0.39, 0.29) is 30.3 Å². The van der Waals surface area contributed by atoms with Crippen LogP contribution in [-0.2, 0) is 22.4 Å². The second-order valence-corrected chi connectivity index (χ2v) is 9.41. The zero-order chi connectivity index (χ0) is 25.4. The number of nitrogens with zero attached hydrogens (tertiary/aromatic N) is 3. The minimum absolute atomic E-state index is 0.0202. The summed E-state index contributed by atoms with van der Waals surface area (Å²) in [5, 5.41) is 0. The number of rotatable bonds is 10. The third-order valence-corrected chi connectivity index (χ3v) is 6.57. The Labute approximate surface area is 209 Å². The van der Waals surface area contributed by atoms with Gasteiger partial charge in [-0.05, 0) is 49.3 Å². The summed E-state index contributed by atoms with van der Waals surface area (Å²) in [5.74, 6) is 0.898. The van der Waals surface area contributed by atoms with Gasteiger partial charge in [0.05, 0.1) is 18.9 Å². The lowest BCUT2D eigenvalue weighted by Gasteiger charge is -2.30. The zero-order valence-corrected chi connectivity index (χ0v) is 20.2. The van der Waals surface area contributed by atoms with Gasteiger partial charge in [-0.15, -0.1) is 0 Å². The van der Waals surface area contributed by atoms with Gasteiger partial charge < -0.3 is 19.1 Å². The predicted octanol–water partition coefficient (Wildman–Crippen LogP) is 4.04. The maximum atomic E-state index is 12.4. The topological polar surface area (TPSA) is 73.8 Å². The van der Waals surface area contributed by atoms with Crippen LogP contribution in [0.2, 0.25) is 0 Å². The number of alkyl halides is 3. The average Bonchev–Trinajstić information content (AvgIpc) is 3.08. The van der Waals surface area contributed by atoms with E-state index in [1.807, 2.05) is 6.07 Å². The van der Waals surface area contributed by atoms with Crippen LogP contribution in [0.25, 0.3) is 0 Å². The molecular formula is C26H32F3N3O4. The van der Waals surface area contributed by atoms with Gasteiger partial charge in [0.15, 0.2) is 12.4 Å². The number of halogens is 3. The molecule has 7 nitrogen and oxygen atoms in total. The molecule has 2 aliphatic heterocycles. The highest BCUT2D eigenvalue weighted by Crippen LogP contribution is 2.25. The van der Waals surface area contributed by atoms with E-state index in [9.17, 15) is 18.0 Å². The van der Waals surface area contributed by atoms with Crippen LogP contribution in [0.1, 0.15) is 36.9 Å². The summed E-state index contributed by atoms with van der Waals surface area (Å²) in [4.78, 5) is 22.9. The molecule has 2 aromatic heterocycles. The van der Waals surface area contributed by atoms with Crippen LogP contribution in [-0.4, -0.2) is 72.4 Å². The van der Waals surface area contributed by atoms with E-state index in [1.54, 1.807) is 24.5 Å². The Kier molecular flexibility index (Phi) is 9.14. The number of hydrogen-bond acceptors (Lipinski definition) is 7. The molecule has 2 atom stereocenters. The number of aromatic nitrogens is 2. The lowest BCUT2D eigenvalue weighted by molar-refractivity contribution is -0.154. The van der Waals surface area contributed by atoms with Crippen molar-refractivity contribution in [3.63, 3.8) is 0 Å². The first kappa shape index (κ1) is 26.3. The van der Waals surface area contributed by atoms with E-state index in [4.69, 9.17) is 14.2 Å². The van der Waals surface area contributed by atoms with E-state index in [1.165, 1.54) is 6.07 Å². The number of ketones is 1. The molecular weight excluding hydrogens is 475 g/mol. The van der Waals surface area contributed by atoms with E-state index < -0.39 is 12.8 Å². The SMILES string of the molecule is O=C(COc1cccnc1)C[C@H]1CC[C@H](CCN2CCc3ccc(OCC(F)(F)F)nc3CC2)OC1. The Morgan fingerprint density at radius 1 is 1.14 bits per heavy atom. The van der Waals surface area contributed by atoms with Gasteiger partial charge in [0.25, 0.3) is 0 Å². The number of ether oxygens (including phenoxy) is 3. The van der Waals surface area contributed by atoms with Crippen LogP contribution in [0.5, 0.6) is 11.6 Å². The van der Waals surface area contributed by atoms with Gasteiger partial charge in [0.2, 0.25) is 5.88 Å². The second kappa shape index (κ2) is 12.5. The van der Waals surface area contributed by atoms with Crippen molar-refractivity contribution in [2.75, 3.05) is 39.5 Å². The van der Waals surface area contributed by atoms with E-state index in [0.717, 1.165) is 56.6 Å². The van der Waals surface area contributed by atoms with Crippen LogP contribution in [0.15, 0.2) is 36.7 Å². The second-order valence-electron chi connectivity index (χ2n) is 9.41. The summed E-state index contributed by atoms with van der Waals surface area (Å²) < 4.78 is 53.6. The van der Waals surface area contributed by atoms with Gasteiger partial charge in [0, 0.05) is 50.4 Å². The van der Waals surface area contributed by atoms with Crippen LogP contribution in [0.4, 0.5) is 13.2 Å². The highest BCUT2D eigenvalue weighted by molar-refractivity contribution is 5.80. The fourth-order valence-corrected chi connectivity index (χ4v) is 4.62. The quantitative estimate of drug-likeness (QED) is 0.481. The molecule has 1 fully saturated rings. The van der Waals surface area contributed by atoms with Gasteiger partial charge in [-0.1, -0.05) is 6.07 Å². The van der Waals surface area contributed by atoms with E-state index in [0.29, 0.717) is 25.2 Å². The van der Waals surface area contributed by atoms with Crippen molar-refractivity contribution in [3.8, 4) is 11.6 Å². The third-order valence-electron chi connectivity index (χ3n) is 6.57. The maximum absolute atomic E-state index is 12.4. The molecule has 0 aliphatic carbocycles. The summed E-state index contributed by atoms with van der Waals surface area (Å²) in [6.07, 6.45) is 3.78. The monoisotopic (exact) mass is 507 g/mol. The molecule has 0 radical (unpaired) electrons. The molecule has 0 spiro atoms. The van der Waals surface area contributed by atoms with Crippen molar-refractivity contribution in [1.29, 1.82) is 0 Å². The summed E-state index contributed by atoms with van der Waals surface area (Å²) in [7, 11) is 0. The molecule has 36 heavy (non-hydrogen) atoms. The highest BCUT2D eigenvalue weighted by atomic mass is 19.4. The lowest BCUT2D eigenvalue weighted by atomic mass is 9.93. The van der Waals surface area contributed by atoms with Gasteiger partial charge in [-0.2, -0.15) is 13.2 Å². The predicted molar refractivity (Wildman–Crippen MR) is 126 cm³/mol. The number of Topliss-reactive ketones (excluding diaryl/α,β-unsaturated/α-hetero) is 1. The molecule has 0 saturated carbocycles. The van der Waals surface area contributed by atoms with Crippen molar-refractivity contribution >= 4 is 5.78 Å². The van der Waals surface area contributed by atoms with Crippen molar-refractivity contribution < 1.29 is 32.2 Å². The zero-order valence-electron chi connectivity index (χ0n) is 20.2. The third kappa shape index (κ3) is 8.44. The Morgan fingerprint density at radius 2 is 2.00 bits per heavy atom. The van der Waals surface area contributed by atoms with Gasteiger partial charge in [-0.25, -0.2) is 4.98 Å². The molecule has 10 heteroatoms. The lowest BCUT2D eigenvalue weighted by Crippen LogP contribution is -2.33. The van der Waals surface area contributed by atoms with Crippen molar-refractivity contribution in [2.24, 2.45) is 5.92 Å². The smallest absolute Gasteiger partial charge is 0.422 e. The summed E-state index contributed by atoms with van der Waals surface area (Å²) in [5.41, 5.74) is 1.87. The molecule has 4 rings (SSSR count). The first-order chi connectivity index (χ1) is 17.3. The molecule has 0 bridgehead atoms. The largest absolute Gasteiger partial charge is 0.484 e. The number of carbonyl (C=O) groups is 1. The van der Waals surface area contributed by atoms with Crippen LogP contribution >= 0.6 is 0 Å². The number of pyridine rings is 2. The Bertz CT molecular complexity index is 982. The van der Waals surface area contributed by atoms with Crippen LogP contribution in [0, 0.1) is 5.92 Å². The maximum Gasteiger partial charge on any atom is 0.422 e. The van der Waals surface area contributed by atoms with Crippen molar-refractivity contribution in [3.05, 3.63) is 47.9 Å². The van der Waals surface area contributed by atoms with Gasteiger partial charge in [-0.3, -0.25) is 9.78 Å². The number of fused-ring (bicyclic) bond motifs is 1. The fraction of sp³-hybridized carbons (Fsp3) is 0.577. The number of carbonyl (C=O) groups excluding carboxylic acids is 1. The normalized spacial score (nSPS) is 20.9. The fourth-order valence-electron chi connectivity index (χ4n) is 4.62. The molecule has 0 N–H and O–H groups in total. The van der Waals surface area contributed by atoms with E-state index in [2.05, 4.69) is 14.9 Å². The first-order valence-corrected chi connectivity index (χ1v) is 12.4. The Hall–Kier alpha value is -2.72.